The van der Waals surface area contributed by atoms with Crippen molar-refractivity contribution in [1.82, 2.24) is 10.6 Å². The molecule has 1 amide bonds. The summed E-state index contributed by atoms with van der Waals surface area (Å²) in [4.78, 5) is 11.8. The number of ether oxygens (including phenoxy) is 1. The number of methoxy groups -OCH3 is 1. The van der Waals surface area contributed by atoms with Crippen LogP contribution in [0.25, 0.3) is 0 Å². The van der Waals surface area contributed by atoms with E-state index in [2.05, 4.69) is 10.6 Å². The van der Waals surface area contributed by atoms with E-state index in [1.807, 2.05) is 0 Å². The van der Waals surface area contributed by atoms with Crippen molar-refractivity contribution in [1.29, 1.82) is 0 Å². The fourth-order valence-corrected chi connectivity index (χ4v) is 2.31. The SMILES string of the molecule is COc1ccc(CNC(=O)C2CCNC2)c(C(F)(F)F)c1.Cl. The third-order valence-electron chi connectivity index (χ3n) is 3.51. The van der Waals surface area contributed by atoms with Gasteiger partial charge in [-0.25, -0.2) is 0 Å². The van der Waals surface area contributed by atoms with Gasteiger partial charge >= 0.3 is 6.18 Å². The van der Waals surface area contributed by atoms with Gasteiger partial charge in [-0.2, -0.15) is 13.2 Å². The first kappa shape index (κ1) is 18.6. The molecule has 2 rings (SSSR count). The number of halogens is 4. The Morgan fingerprint density at radius 1 is 1.45 bits per heavy atom. The monoisotopic (exact) mass is 338 g/mol. The average Bonchev–Trinajstić information content (AvgIpc) is 2.97. The minimum Gasteiger partial charge on any atom is -0.497 e. The van der Waals surface area contributed by atoms with Crippen LogP contribution in [0.5, 0.6) is 5.75 Å². The third-order valence-corrected chi connectivity index (χ3v) is 3.51. The summed E-state index contributed by atoms with van der Waals surface area (Å²) < 4.78 is 43.9. The zero-order valence-corrected chi connectivity index (χ0v) is 12.8. The van der Waals surface area contributed by atoms with Crippen LogP contribution >= 0.6 is 12.4 Å². The molecule has 0 aliphatic carbocycles. The van der Waals surface area contributed by atoms with E-state index in [1.165, 1.54) is 19.2 Å². The van der Waals surface area contributed by atoms with Gasteiger partial charge in [0.15, 0.2) is 0 Å². The predicted octanol–water partition coefficient (Wildman–Crippen LogP) is 2.36. The number of rotatable bonds is 4. The van der Waals surface area contributed by atoms with Crippen LogP contribution < -0.4 is 15.4 Å². The van der Waals surface area contributed by atoms with E-state index in [-0.39, 0.29) is 42.1 Å². The van der Waals surface area contributed by atoms with Crippen LogP contribution in [0.3, 0.4) is 0 Å². The minimum atomic E-state index is -4.48. The Bertz CT molecular complexity index is 517. The molecule has 1 fully saturated rings. The Morgan fingerprint density at radius 2 is 2.18 bits per heavy atom. The summed E-state index contributed by atoms with van der Waals surface area (Å²) in [7, 11) is 1.31. The molecular formula is C14H18ClF3N2O2. The highest BCUT2D eigenvalue weighted by atomic mass is 35.5. The van der Waals surface area contributed by atoms with Crippen LogP contribution in [0.15, 0.2) is 18.2 Å². The van der Waals surface area contributed by atoms with Gasteiger partial charge in [-0.15, -0.1) is 12.4 Å². The summed E-state index contributed by atoms with van der Waals surface area (Å²) in [5.74, 6) is -0.251. The summed E-state index contributed by atoms with van der Waals surface area (Å²) >= 11 is 0. The van der Waals surface area contributed by atoms with E-state index in [0.717, 1.165) is 12.6 Å². The second kappa shape index (κ2) is 7.69. The highest BCUT2D eigenvalue weighted by Crippen LogP contribution is 2.34. The normalized spacial score (nSPS) is 17.7. The highest BCUT2D eigenvalue weighted by molar-refractivity contribution is 5.85. The second-order valence-corrected chi connectivity index (χ2v) is 4.93. The first-order valence-electron chi connectivity index (χ1n) is 6.64. The molecule has 4 nitrogen and oxygen atoms in total. The molecule has 0 saturated carbocycles. The lowest BCUT2D eigenvalue weighted by atomic mass is 10.1. The molecule has 1 atom stereocenters. The molecule has 1 aliphatic rings. The maximum atomic E-state index is 13.0. The highest BCUT2D eigenvalue weighted by Gasteiger charge is 2.34. The summed E-state index contributed by atoms with van der Waals surface area (Å²) in [6, 6.07) is 3.72. The van der Waals surface area contributed by atoms with Crippen LogP contribution in [0, 0.1) is 5.92 Å². The first-order chi connectivity index (χ1) is 9.91. The molecule has 1 aromatic carbocycles. The molecule has 0 radical (unpaired) electrons. The number of benzene rings is 1. The van der Waals surface area contributed by atoms with Gasteiger partial charge < -0.3 is 15.4 Å². The van der Waals surface area contributed by atoms with E-state index in [9.17, 15) is 18.0 Å². The Hall–Kier alpha value is -1.47. The van der Waals surface area contributed by atoms with Crippen LogP contribution in [-0.4, -0.2) is 26.1 Å². The molecule has 1 heterocycles. The number of carbonyl (C=O) groups is 1. The van der Waals surface area contributed by atoms with Gasteiger partial charge in [-0.1, -0.05) is 6.07 Å². The lowest BCUT2D eigenvalue weighted by Crippen LogP contribution is -2.32. The molecule has 1 aliphatic heterocycles. The van der Waals surface area contributed by atoms with Crippen molar-refractivity contribution in [3.63, 3.8) is 0 Å². The molecule has 0 aromatic heterocycles. The third kappa shape index (κ3) is 4.51. The van der Waals surface area contributed by atoms with Crippen molar-refractivity contribution in [2.75, 3.05) is 20.2 Å². The van der Waals surface area contributed by atoms with Crippen LogP contribution in [0.4, 0.5) is 13.2 Å². The Labute approximate surface area is 132 Å². The van der Waals surface area contributed by atoms with Gasteiger partial charge in [0.2, 0.25) is 5.91 Å². The Morgan fingerprint density at radius 3 is 2.73 bits per heavy atom. The van der Waals surface area contributed by atoms with Gasteiger partial charge in [0.05, 0.1) is 18.6 Å². The summed E-state index contributed by atoms with van der Waals surface area (Å²) in [5.41, 5.74) is -0.755. The Kier molecular flexibility index (Phi) is 6.49. The quantitative estimate of drug-likeness (QED) is 0.886. The van der Waals surface area contributed by atoms with E-state index in [0.29, 0.717) is 13.0 Å². The molecule has 1 unspecified atom stereocenters. The number of hydrogen-bond donors (Lipinski definition) is 2. The maximum absolute atomic E-state index is 13.0. The molecule has 2 N–H and O–H groups in total. The smallest absolute Gasteiger partial charge is 0.416 e. The lowest BCUT2D eigenvalue weighted by molar-refractivity contribution is -0.138. The summed E-state index contributed by atoms with van der Waals surface area (Å²) in [6.45, 7) is 1.18. The summed E-state index contributed by atoms with van der Waals surface area (Å²) in [6.07, 6.45) is -3.77. The number of amides is 1. The Balaban J connectivity index is 0.00000242. The number of hydrogen-bond acceptors (Lipinski definition) is 3. The zero-order chi connectivity index (χ0) is 15.5. The van der Waals surface area contributed by atoms with Crippen LogP contribution in [-0.2, 0) is 17.5 Å². The van der Waals surface area contributed by atoms with E-state index < -0.39 is 11.7 Å². The van der Waals surface area contributed by atoms with Gasteiger partial charge in [-0.05, 0) is 30.7 Å². The van der Waals surface area contributed by atoms with Crippen molar-refractivity contribution < 1.29 is 22.7 Å². The predicted molar refractivity (Wildman–Crippen MR) is 78.1 cm³/mol. The molecule has 0 spiro atoms. The fraction of sp³-hybridized carbons (Fsp3) is 0.500. The number of carbonyl (C=O) groups excluding carboxylic acids is 1. The van der Waals surface area contributed by atoms with Crippen LogP contribution in [0.2, 0.25) is 0 Å². The van der Waals surface area contributed by atoms with Crippen molar-refractivity contribution in [2.45, 2.75) is 19.1 Å². The van der Waals surface area contributed by atoms with Crippen molar-refractivity contribution in [3.05, 3.63) is 29.3 Å². The van der Waals surface area contributed by atoms with Gasteiger partial charge in [0.25, 0.3) is 0 Å². The van der Waals surface area contributed by atoms with Gasteiger partial charge in [0.1, 0.15) is 5.75 Å². The van der Waals surface area contributed by atoms with Gasteiger partial charge in [0, 0.05) is 13.1 Å². The molecule has 0 bridgehead atoms. The van der Waals surface area contributed by atoms with Crippen molar-refractivity contribution in [3.8, 4) is 5.75 Å². The van der Waals surface area contributed by atoms with E-state index >= 15 is 0 Å². The zero-order valence-electron chi connectivity index (χ0n) is 12.0. The summed E-state index contributed by atoms with van der Waals surface area (Å²) in [5, 5.41) is 5.62. The average molecular weight is 339 g/mol. The molecule has 8 heteroatoms. The first-order valence-corrected chi connectivity index (χ1v) is 6.64. The number of nitrogens with one attached hydrogen (secondary N) is 2. The van der Waals surface area contributed by atoms with Crippen molar-refractivity contribution in [2.24, 2.45) is 5.92 Å². The number of alkyl halides is 3. The van der Waals surface area contributed by atoms with Gasteiger partial charge in [-0.3, -0.25) is 4.79 Å². The standard InChI is InChI=1S/C14H17F3N2O2.ClH/c1-21-11-3-2-9(12(6-11)14(15,16)17)8-19-13(20)10-4-5-18-7-10;/h2-3,6,10,18H,4-5,7-8H2,1H3,(H,19,20);1H. The lowest BCUT2D eigenvalue weighted by Gasteiger charge is -2.16. The maximum Gasteiger partial charge on any atom is 0.416 e. The molecule has 1 saturated heterocycles. The minimum absolute atomic E-state index is 0. The molecular weight excluding hydrogens is 321 g/mol. The topological polar surface area (TPSA) is 50.4 Å². The molecule has 124 valence electrons. The van der Waals surface area contributed by atoms with E-state index in [1.54, 1.807) is 0 Å². The van der Waals surface area contributed by atoms with E-state index in [4.69, 9.17) is 4.74 Å². The second-order valence-electron chi connectivity index (χ2n) is 4.93. The largest absolute Gasteiger partial charge is 0.497 e. The fourth-order valence-electron chi connectivity index (χ4n) is 2.31. The molecule has 1 aromatic rings. The molecule has 22 heavy (non-hydrogen) atoms. The van der Waals surface area contributed by atoms with Crippen molar-refractivity contribution >= 4 is 18.3 Å². The van der Waals surface area contributed by atoms with Crippen LogP contribution in [0.1, 0.15) is 17.5 Å².